The van der Waals surface area contributed by atoms with Gasteiger partial charge in [-0.2, -0.15) is 0 Å². The Balaban J connectivity index is 2.35. The molecule has 7 heteroatoms. The summed E-state index contributed by atoms with van der Waals surface area (Å²) < 4.78 is 36.9. The molecule has 0 aliphatic carbocycles. The highest BCUT2D eigenvalue weighted by Gasteiger charge is 2.16. The average molecular weight is 313 g/mol. The molecule has 0 saturated carbocycles. The minimum atomic E-state index is -3.59. The highest BCUT2D eigenvalue weighted by Crippen LogP contribution is 2.32. The van der Waals surface area contributed by atoms with Crippen LogP contribution < -0.4 is 4.72 Å². The van der Waals surface area contributed by atoms with Crippen molar-refractivity contribution in [1.29, 1.82) is 0 Å². The van der Waals surface area contributed by atoms with Crippen LogP contribution in [0, 0.1) is 12.7 Å². The average Bonchev–Trinajstić information content (AvgIpc) is 2.70. The molecular weight excluding hydrogens is 301 g/mol. The largest absolute Gasteiger partial charge is 0.274 e. The number of sulfonamides is 1. The van der Waals surface area contributed by atoms with Crippen LogP contribution in [0.5, 0.6) is 0 Å². The van der Waals surface area contributed by atoms with Crippen molar-refractivity contribution in [3.05, 3.63) is 46.6 Å². The van der Waals surface area contributed by atoms with Crippen molar-refractivity contribution in [2.75, 3.05) is 6.26 Å². The van der Waals surface area contributed by atoms with Crippen LogP contribution in [0.15, 0.2) is 30.3 Å². The van der Waals surface area contributed by atoms with Gasteiger partial charge in [0.1, 0.15) is 5.82 Å². The molecule has 0 aliphatic heterocycles. The molecule has 0 atom stereocenters. The highest BCUT2D eigenvalue weighted by molar-refractivity contribution is 7.89. The van der Waals surface area contributed by atoms with Gasteiger partial charge >= 0.3 is 0 Å². The van der Waals surface area contributed by atoms with Gasteiger partial charge in [-0.15, -0.1) is 11.3 Å². The van der Waals surface area contributed by atoms with Gasteiger partial charge in [-0.05, 0) is 36.2 Å². The number of aryl methyl sites for hydroxylation is 1. The minimum absolute atomic E-state index is 0.298. The van der Waals surface area contributed by atoms with Gasteiger partial charge in [0.25, 0.3) is 5.91 Å². The fourth-order valence-electron chi connectivity index (χ4n) is 1.70. The van der Waals surface area contributed by atoms with E-state index in [0.29, 0.717) is 4.88 Å². The first kappa shape index (κ1) is 14.7. The van der Waals surface area contributed by atoms with Crippen molar-refractivity contribution in [1.82, 2.24) is 4.72 Å². The quantitative estimate of drug-likeness (QED) is 0.947. The van der Waals surface area contributed by atoms with Crippen molar-refractivity contribution in [3.63, 3.8) is 0 Å². The molecular formula is C13H12FNO3S2. The first-order chi connectivity index (χ1) is 9.26. The number of amides is 1. The van der Waals surface area contributed by atoms with E-state index in [1.165, 1.54) is 23.5 Å². The lowest BCUT2D eigenvalue weighted by Crippen LogP contribution is -2.28. The zero-order valence-corrected chi connectivity index (χ0v) is 12.4. The van der Waals surface area contributed by atoms with Crippen LogP contribution in [0.2, 0.25) is 0 Å². The molecule has 20 heavy (non-hydrogen) atoms. The number of rotatable bonds is 3. The molecule has 2 rings (SSSR count). The lowest BCUT2D eigenvalue weighted by molar-refractivity contribution is 0.0985. The van der Waals surface area contributed by atoms with Gasteiger partial charge in [-0.3, -0.25) is 4.79 Å². The summed E-state index contributed by atoms with van der Waals surface area (Å²) >= 11 is 1.17. The van der Waals surface area contributed by atoms with Gasteiger partial charge < -0.3 is 0 Å². The summed E-state index contributed by atoms with van der Waals surface area (Å²) in [6.07, 6.45) is 0.923. The van der Waals surface area contributed by atoms with E-state index in [9.17, 15) is 17.6 Å². The maximum Gasteiger partial charge on any atom is 0.274 e. The zero-order valence-electron chi connectivity index (χ0n) is 10.8. The normalized spacial score (nSPS) is 11.3. The van der Waals surface area contributed by atoms with Gasteiger partial charge in [-0.25, -0.2) is 17.5 Å². The fraction of sp³-hybridized carbons (Fsp3) is 0.154. The predicted octanol–water partition coefficient (Wildman–Crippen LogP) is 2.55. The number of hydrogen-bond donors (Lipinski definition) is 1. The van der Waals surface area contributed by atoms with Crippen LogP contribution >= 0.6 is 11.3 Å². The second kappa shape index (κ2) is 5.34. The Morgan fingerprint density at radius 3 is 2.40 bits per heavy atom. The third kappa shape index (κ3) is 3.43. The van der Waals surface area contributed by atoms with E-state index >= 15 is 0 Å². The molecule has 0 saturated heterocycles. The molecule has 0 unspecified atom stereocenters. The van der Waals surface area contributed by atoms with E-state index in [-0.39, 0.29) is 5.82 Å². The van der Waals surface area contributed by atoms with Crippen molar-refractivity contribution in [2.45, 2.75) is 6.92 Å². The zero-order chi connectivity index (χ0) is 14.9. The third-order valence-electron chi connectivity index (χ3n) is 2.53. The number of carbonyl (C=O) groups is 1. The molecule has 0 bridgehead atoms. The molecule has 1 aromatic carbocycles. The smallest absolute Gasteiger partial charge is 0.267 e. The molecule has 2 aromatic rings. The molecule has 0 spiro atoms. The van der Waals surface area contributed by atoms with Crippen LogP contribution in [0.4, 0.5) is 4.39 Å². The van der Waals surface area contributed by atoms with Crippen LogP contribution in [-0.2, 0) is 10.0 Å². The van der Waals surface area contributed by atoms with Crippen LogP contribution in [0.25, 0.3) is 10.4 Å². The molecule has 4 nitrogen and oxygen atoms in total. The number of carbonyl (C=O) groups excluding carboxylic acids is 1. The van der Waals surface area contributed by atoms with E-state index in [2.05, 4.69) is 0 Å². The van der Waals surface area contributed by atoms with Gasteiger partial charge in [-0.1, -0.05) is 12.1 Å². The van der Waals surface area contributed by atoms with Gasteiger partial charge in [0.2, 0.25) is 10.0 Å². The van der Waals surface area contributed by atoms with Crippen molar-refractivity contribution in [2.24, 2.45) is 0 Å². The highest BCUT2D eigenvalue weighted by atomic mass is 32.2. The Kier molecular flexibility index (Phi) is 3.92. The van der Waals surface area contributed by atoms with Gasteiger partial charge in [0, 0.05) is 4.88 Å². The molecule has 106 valence electrons. The Morgan fingerprint density at radius 2 is 1.85 bits per heavy atom. The van der Waals surface area contributed by atoms with Crippen LogP contribution in [0.3, 0.4) is 0 Å². The number of nitrogens with one attached hydrogen (secondary N) is 1. The molecule has 1 amide bonds. The number of halogens is 1. The summed E-state index contributed by atoms with van der Waals surface area (Å²) in [6.45, 7) is 1.81. The molecule has 1 heterocycles. The van der Waals surface area contributed by atoms with E-state index in [1.807, 2.05) is 11.6 Å². The summed E-state index contributed by atoms with van der Waals surface area (Å²) in [5.41, 5.74) is 1.62. The first-order valence-electron chi connectivity index (χ1n) is 5.65. The van der Waals surface area contributed by atoms with Crippen molar-refractivity contribution < 1.29 is 17.6 Å². The Labute approximate surface area is 120 Å². The van der Waals surface area contributed by atoms with E-state index in [1.54, 1.807) is 18.2 Å². The fourth-order valence-corrected chi connectivity index (χ4v) is 3.29. The minimum Gasteiger partial charge on any atom is -0.267 e. The lowest BCUT2D eigenvalue weighted by atomic mass is 10.1. The molecule has 0 radical (unpaired) electrons. The van der Waals surface area contributed by atoms with Crippen LogP contribution in [-0.4, -0.2) is 20.6 Å². The standard InChI is InChI=1S/C13H12FNO3S2/c1-8-7-11(13(16)15-20(2,17)18)19-12(8)9-3-5-10(14)6-4-9/h3-7H,1-2H3,(H,15,16). The maximum absolute atomic E-state index is 12.9. The molecule has 1 aromatic heterocycles. The Hall–Kier alpha value is -1.73. The summed E-state index contributed by atoms with van der Waals surface area (Å²) in [7, 11) is -3.59. The summed E-state index contributed by atoms with van der Waals surface area (Å²) in [5.74, 6) is -0.994. The van der Waals surface area contributed by atoms with Crippen LogP contribution in [0.1, 0.15) is 15.2 Å². The molecule has 1 N–H and O–H groups in total. The van der Waals surface area contributed by atoms with Gasteiger partial charge in [0.05, 0.1) is 11.1 Å². The summed E-state index contributed by atoms with van der Waals surface area (Å²) in [4.78, 5) is 12.9. The summed E-state index contributed by atoms with van der Waals surface area (Å²) in [5, 5.41) is 0. The topological polar surface area (TPSA) is 63.2 Å². The van der Waals surface area contributed by atoms with E-state index in [4.69, 9.17) is 0 Å². The summed E-state index contributed by atoms with van der Waals surface area (Å²) in [6, 6.07) is 7.53. The van der Waals surface area contributed by atoms with Gasteiger partial charge in [0.15, 0.2) is 0 Å². The Morgan fingerprint density at radius 1 is 1.25 bits per heavy atom. The Bertz CT molecular complexity index is 748. The molecule has 0 fully saturated rings. The molecule has 0 aliphatic rings. The predicted molar refractivity (Wildman–Crippen MR) is 76.8 cm³/mol. The SMILES string of the molecule is Cc1cc(C(=O)NS(C)(=O)=O)sc1-c1ccc(F)cc1. The van der Waals surface area contributed by atoms with E-state index < -0.39 is 15.9 Å². The second-order valence-electron chi connectivity index (χ2n) is 4.33. The van der Waals surface area contributed by atoms with Crippen molar-refractivity contribution in [3.8, 4) is 10.4 Å². The number of hydrogen-bond acceptors (Lipinski definition) is 4. The maximum atomic E-state index is 12.9. The van der Waals surface area contributed by atoms with E-state index in [0.717, 1.165) is 22.3 Å². The second-order valence-corrected chi connectivity index (χ2v) is 7.13. The number of thiophene rings is 1. The lowest BCUT2D eigenvalue weighted by Gasteiger charge is -2.00. The third-order valence-corrected chi connectivity index (χ3v) is 4.37. The first-order valence-corrected chi connectivity index (χ1v) is 8.35. The monoisotopic (exact) mass is 313 g/mol. The van der Waals surface area contributed by atoms with Crippen molar-refractivity contribution >= 4 is 27.3 Å². The number of benzene rings is 1.